The molecule has 2 aliphatic carbocycles. The molecule has 2 atom stereocenters. The predicted octanol–water partition coefficient (Wildman–Crippen LogP) is 3.35. The molecule has 0 amide bonds. The molecular weight excluding hydrogens is 348 g/mol. The second-order valence-electron chi connectivity index (χ2n) is 7.33. The third-order valence-corrected chi connectivity index (χ3v) is 7.58. The molecule has 24 heavy (non-hydrogen) atoms. The van der Waals surface area contributed by atoms with Gasteiger partial charge in [0.1, 0.15) is 11.9 Å². The van der Waals surface area contributed by atoms with E-state index in [0.717, 1.165) is 6.42 Å². The fraction of sp³-hybridized carbons (Fsp3) is 0.529. The van der Waals surface area contributed by atoms with E-state index in [-0.39, 0.29) is 34.1 Å². The molecule has 2 fully saturated rings. The minimum atomic E-state index is -3.80. The van der Waals surface area contributed by atoms with Crippen molar-refractivity contribution in [2.45, 2.75) is 33.1 Å². The van der Waals surface area contributed by atoms with Crippen molar-refractivity contribution in [1.82, 2.24) is 0 Å². The SMILES string of the molecule is CC1(C)C2CCC1(CS(=O)(=O)Nc1cc(Cl)ccc1C#N)C(=O)C2. The summed E-state index contributed by atoms with van der Waals surface area (Å²) in [5, 5.41) is 9.47. The number of nitrogens with one attached hydrogen (secondary N) is 1. The first-order valence-corrected chi connectivity index (χ1v) is 9.88. The van der Waals surface area contributed by atoms with E-state index in [4.69, 9.17) is 16.9 Å². The van der Waals surface area contributed by atoms with Gasteiger partial charge < -0.3 is 0 Å². The molecule has 2 unspecified atom stereocenters. The first-order chi connectivity index (χ1) is 11.1. The maximum Gasteiger partial charge on any atom is 0.233 e. The minimum Gasteiger partial charge on any atom is -0.299 e. The van der Waals surface area contributed by atoms with Gasteiger partial charge in [0.15, 0.2) is 0 Å². The van der Waals surface area contributed by atoms with Crippen LogP contribution in [0.25, 0.3) is 0 Å². The van der Waals surface area contributed by atoms with E-state index in [1.807, 2.05) is 19.9 Å². The summed E-state index contributed by atoms with van der Waals surface area (Å²) in [6.07, 6.45) is 1.95. The molecule has 0 aromatic heterocycles. The molecule has 2 saturated carbocycles. The molecule has 0 spiro atoms. The Labute approximate surface area is 147 Å². The molecular formula is C17H19ClN2O3S. The molecule has 2 aliphatic rings. The molecule has 5 nitrogen and oxygen atoms in total. The first kappa shape index (κ1) is 17.2. The van der Waals surface area contributed by atoms with Crippen molar-refractivity contribution in [2.24, 2.45) is 16.7 Å². The summed E-state index contributed by atoms with van der Waals surface area (Å²) in [4.78, 5) is 12.5. The van der Waals surface area contributed by atoms with Crippen LogP contribution < -0.4 is 4.72 Å². The molecule has 0 aliphatic heterocycles. The van der Waals surface area contributed by atoms with Gasteiger partial charge in [-0.05, 0) is 42.4 Å². The number of nitrogens with zero attached hydrogens (tertiary/aromatic N) is 1. The van der Waals surface area contributed by atoms with Crippen LogP contribution in [-0.4, -0.2) is 20.0 Å². The van der Waals surface area contributed by atoms with Gasteiger partial charge in [0.05, 0.1) is 22.4 Å². The lowest BCUT2D eigenvalue weighted by Gasteiger charge is -2.36. The van der Waals surface area contributed by atoms with Crippen molar-refractivity contribution in [2.75, 3.05) is 10.5 Å². The number of halogens is 1. The summed E-state index contributed by atoms with van der Waals surface area (Å²) in [5.74, 6) is 0.0430. The van der Waals surface area contributed by atoms with E-state index >= 15 is 0 Å². The molecule has 0 radical (unpaired) electrons. The smallest absolute Gasteiger partial charge is 0.233 e. The van der Waals surface area contributed by atoms with Crippen molar-refractivity contribution >= 4 is 33.1 Å². The van der Waals surface area contributed by atoms with Crippen LogP contribution in [0.2, 0.25) is 5.02 Å². The molecule has 3 rings (SSSR count). The summed E-state index contributed by atoms with van der Waals surface area (Å²) in [5.41, 5.74) is -0.818. The van der Waals surface area contributed by atoms with Crippen molar-refractivity contribution in [3.05, 3.63) is 28.8 Å². The fourth-order valence-electron chi connectivity index (χ4n) is 4.33. The lowest BCUT2D eigenvalue weighted by molar-refractivity contribution is -0.128. The molecule has 0 saturated heterocycles. The Bertz CT molecular complexity index is 857. The second-order valence-corrected chi connectivity index (χ2v) is 9.49. The molecule has 1 aromatic rings. The number of carbonyl (C=O) groups excluding carboxylic acids is 1. The number of Topliss-reactive ketones (excluding diaryl/α,β-unsaturated/α-hetero) is 1. The highest BCUT2D eigenvalue weighted by Gasteiger charge is 2.65. The zero-order valence-electron chi connectivity index (χ0n) is 13.6. The van der Waals surface area contributed by atoms with Crippen LogP contribution in [0.1, 0.15) is 38.7 Å². The number of nitriles is 1. The van der Waals surface area contributed by atoms with E-state index in [9.17, 15) is 13.2 Å². The quantitative estimate of drug-likeness (QED) is 0.885. The van der Waals surface area contributed by atoms with Gasteiger partial charge in [0.2, 0.25) is 10.0 Å². The van der Waals surface area contributed by atoms with Crippen LogP contribution in [0.4, 0.5) is 5.69 Å². The van der Waals surface area contributed by atoms with Crippen molar-refractivity contribution in [3.63, 3.8) is 0 Å². The molecule has 128 valence electrons. The number of carbonyl (C=O) groups is 1. The predicted molar refractivity (Wildman–Crippen MR) is 92.1 cm³/mol. The molecule has 0 heterocycles. The van der Waals surface area contributed by atoms with E-state index < -0.39 is 15.4 Å². The number of fused-ring (bicyclic) bond motifs is 2. The van der Waals surface area contributed by atoms with Crippen molar-refractivity contribution in [3.8, 4) is 6.07 Å². The van der Waals surface area contributed by atoms with Gasteiger partial charge in [-0.1, -0.05) is 25.4 Å². The van der Waals surface area contributed by atoms with Crippen LogP contribution in [0.3, 0.4) is 0 Å². The summed E-state index contributed by atoms with van der Waals surface area (Å²) in [6.45, 7) is 3.98. The van der Waals surface area contributed by atoms with Crippen LogP contribution in [0.15, 0.2) is 18.2 Å². The topological polar surface area (TPSA) is 87.0 Å². The number of benzene rings is 1. The zero-order chi connectivity index (χ0) is 17.8. The Hall–Kier alpha value is -1.58. The van der Waals surface area contributed by atoms with Crippen molar-refractivity contribution < 1.29 is 13.2 Å². The lowest BCUT2D eigenvalue weighted by Crippen LogP contribution is -2.43. The maximum absolute atomic E-state index is 12.7. The number of hydrogen-bond donors (Lipinski definition) is 1. The average molecular weight is 367 g/mol. The van der Waals surface area contributed by atoms with E-state index in [0.29, 0.717) is 17.9 Å². The highest BCUT2D eigenvalue weighted by atomic mass is 35.5. The Morgan fingerprint density at radius 3 is 2.67 bits per heavy atom. The van der Waals surface area contributed by atoms with Gasteiger partial charge in [-0.25, -0.2) is 8.42 Å². The number of ketones is 1. The lowest BCUT2D eigenvalue weighted by atomic mass is 9.70. The van der Waals surface area contributed by atoms with E-state index in [1.54, 1.807) is 0 Å². The maximum atomic E-state index is 12.7. The first-order valence-electron chi connectivity index (χ1n) is 7.85. The number of rotatable bonds is 4. The Balaban J connectivity index is 1.92. The van der Waals surface area contributed by atoms with E-state index in [2.05, 4.69) is 4.72 Å². The Morgan fingerprint density at radius 1 is 1.42 bits per heavy atom. The fourth-order valence-corrected chi connectivity index (χ4v) is 6.41. The summed E-state index contributed by atoms with van der Waals surface area (Å²) in [7, 11) is -3.80. The summed E-state index contributed by atoms with van der Waals surface area (Å²) in [6, 6.07) is 6.35. The molecule has 7 heteroatoms. The summed E-state index contributed by atoms with van der Waals surface area (Å²) < 4.78 is 27.9. The van der Waals surface area contributed by atoms with Crippen LogP contribution in [-0.2, 0) is 14.8 Å². The highest BCUT2D eigenvalue weighted by molar-refractivity contribution is 7.92. The highest BCUT2D eigenvalue weighted by Crippen LogP contribution is 2.64. The molecule has 1 aromatic carbocycles. The van der Waals surface area contributed by atoms with Crippen LogP contribution in [0.5, 0.6) is 0 Å². The number of hydrogen-bond acceptors (Lipinski definition) is 4. The van der Waals surface area contributed by atoms with Crippen molar-refractivity contribution in [1.29, 1.82) is 5.26 Å². The van der Waals surface area contributed by atoms with Crippen LogP contribution >= 0.6 is 11.6 Å². The molecule has 1 N–H and O–H groups in total. The largest absolute Gasteiger partial charge is 0.299 e. The van der Waals surface area contributed by atoms with Gasteiger partial charge >= 0.3 is 0 Å². The van der Waals surface area contributed by atoms with Gasteiger partial charge in [0.25, 0.3) is 0 Å². The number of sulfonamides is 1. The second kappa shape index (κ2) is 5.47. The Morgan fingerprint density at radius 2 is 2.12 bits per heavy atom. The monoisotopic (exact) mass is 366 g/mol. The Kier molecular flexibility index (Phi) is 3.93. The standard InChI is InChI=1S/C17H19ClN2O3S/c1-16(2)12-5-6-17(16,15(21)7-12)10-24(22,23)20-14-8-13(18)4-3-11(14)9-19/h3-4,8,12,20H,5-7,10H2,1-2H3. The third kappa shape index (κ3) is 2.51. The minimum absolute atomic E-state index is 0.0423. The van der Waals surface area contributed by atoms with Gasteiger partial charge in [-0.15, -0.1) is 0 Å². The zero-order valence-corrected chi connectivity index (χ0v) is 15.2. The third-order valence-electron chi connectivity index (χ3n) is 5.94. The van der Waals surface area contributed by atoms with Gasteiger partial charge in [-0.2, -0.15) is 5.26 Å². The summed E-state index contributed by atoms with van der Waals surface area (Å²) >= 11 is 5.90. The average Bonchev–Trinajstić information content (AvgIpc) is 2.80. The van der Waals surface area contributed by atoms with Gasteiger partial charge in [0, 0.05) is 11.4 Å². The normalized spacial score (nSPS) is 27.9. The molecule has 2 bridgehead atoms. The number of anilines is 1. The van der Waals surface area contributed by atoms with E-state index in [1.165, 1.54) is 18.2 Å². The van der Waals surface area contributed by atoms with Crippen LogP contribution in [0, 0.1) is 28.1 Å². The van der Waals surface area contributed by atoms with Gasteiger partial charge in [-0.3, -0.25) is 9.52 Å².